The molecule has 2 nitrogen and oxygen atoms in total. The topological polar surface area (TPSA) is 20.3 Å². The van der Waals surface area contributed by atoms with Crippen molar-refractivity contribution in [2.75, 3.05) is 11.4 Å². The number of benzene rings is 2. The minimum absolute atomic E-state index is 0.171. The highest BCUT2D eigenvalue weighted by atomic mass is 35.5. The fourth-order valence-electron chi connectivity index (χ4n) is 3.60. The number of halogens is 1. The second-order valence-electron chi connectivity index (χ2n) is 5.85. The van der Waals surface area contributed by atoms with Gasteiger partial charge in [0, 0.05) is 30.1 Å². The normalized spacial score (nSPS) is 20.3. The molecule has 0 aliphatic carbocycles. The van der Waals surface area contributed by atoms with Gasteiger partial charge in [0.1, 0.15) is 5.78 Å². The number of anilines is 1. The molecule has 4 rings (SSSR count). The zero-order chi connectivity index (χ0) is 14.4. The SMILES string of the molecule is O=C1CCN2c3ccc(Cl)cc3Cc3ccccc3C2C1. The minimum Gasteiger partial charge on any atom is -0.363 e. The smallest absolute Gasteiger partial charge is 0.137 e. The average Bonchev–Trinajstić information content (AvgIpc) is 2.61. The van der Waals surface area contributed by atoms with Gasteiger partial charge in [-0.25, -0.2) is 0 Å². The lowest BCUT2D eigenvalue weighted by molar-refractivity contribution is -0.120. The molecule has 0 saturated carbocycles. The van der Waals surface area contributed by atoms with Crippen LogP contribution in [0, 0.1) is 0 Å². The van der Waals surface area contributed by atoms with Crippen LogP contribution >= 0.6 is 11.6 Å². The lowest BCUT2D eigenvalue weighted by Crippen LogP contribution is -2.37. The molecule has 106 valence electrons. The van der Waals surface area contributed by atoms with Crippen LogP contribution in [0.4, 0.5) is 5.69 Å². The summed E-state index contributed by atoms with van der Waals surface area (Å²) in [6.45, 7) is 0.798. The van der Waals surface area contributed by atoms with Crippen molar-refractivity contribution in [1.29, 1.82) is 0 Å². The van der Waals surface area contributed by atoms with Crippen molar-refractivity contribution in [3.8, 4) is 0 Å². The van der Waals surface area contributed by atoms with Crippen LogP contribution in [0.15, 0.2) is 42.5 Å². The Kier molecular flexibility index (Phi) is 3.00. The summed E-state index contributed by atoms with van der Waals surface area (Å²) in [4.78, 5) is 14.3. The first-order chi connectivity index (χ1) is 10.2. The van der Waals surface area contributed by atoms with Gasteiger partial charge in [-0.05, 0) is 41.3 Å². The third-order valence-electron chi connectivity index (χ3n) is 4.57. The highest BCUT2D eigenvalue weighted by Gasteiger charge is 2.33. The van der Waals surface area contributed by atoms with Crippen LogP contribution in [-0.2, 0) is 11.2 Å². The Morgan fingerprint density at radius 2 is 1.95 bits per heavy atom. The van der Waals surface area contributed by atoms with Gasteiger partial charge < -0.3 is 4.90 Å². The van der Waals surface area contributed by atoms with Gasteiger partial charge in [0.2, 0.25) is 0 Å². The molecule has 2 aliphatic heterocycles. The van der Waals surface area contributed by atoms with Gasteiger partial charge in [0.15, 0.2) is 0 Å². The summed E-state index contributed by atoms with van der Waals surface area (Å²) in [7, 11) is 0. The quantitative estimate of drug-likeness (QED) is 0.728. The Morgan fingerprint density at radius 1 is 1.10 bits per heavy atom. The third-order valence-corrected chi connectivity index (χ3v) is 4.81. The lowest BCUT2D eigenvalue weighted by atomic mass is 9.91. The third kappa shape index (κ3) is 2.14. The molecule has 0 bridgehead atoms. The first kappa shape index (κ1) is 12.9. The number of fused-ring (bicyclic) bond motifs is 5. The number of hydrogen-bond acceptors (Lipinski definition) is 2. The number of ketones is 1. The van der Waals surface area contributed by atoms with Crippen LogP contribution in [0.5, 0.6) is 0 Å². The monoisotopic (exact) mass is 297 g/mol. The van der Waals surface area contributed by atoms with Gasteiger partial charge in [-0.3, -0.25) is 4.79 Å². The standard InChI is InChI=1S/C18H16ClNO/c19-14-5-6-17-13(10-14)9-12-3-1-2-4-16(12)18-11-15(21)7-8-20(17)18/h1-6,10,18H,7-9,11H2. The highest BCUT2D eigenvalue weighted by Crippen LogP contribution is 2.41. The van der Waals surface area contributed by atoms with Gasteiger partial charge in [0.05, 0.1) is 6.04 Å². The minimum atomic E-state index is 0.171. The second kappa shape index (κ2) is 4.88. The van der Waals surface area contributed by atoms with Gasteiger partial charge in [-0.2, -0.15) is 0 Å². The molecule has 0 N–H and O–H groups in total. The number of rotatable bonds is 0. The van der Waals surface area contributed by atoms with Crippen LogP contribution in [-0.4, -0.2) is 12.3 Å². The van der Waals surface area contributed by atoms with E-state index in [4.69, 9.17) is 11.6 Å². The zero-order valence-electron chi connectivity index (χ0n) is 11.7. The van der Waals surface area contributed by atoms with Crippen molar-refractivity contribution < 1.29 is 4.79 Å². The molecule has 0 radical (unpaired) electrons. The number of nitrogens with zero attached hydrogens (tertiary/aromatic N) is 1. The number of carbonyl (C=O) groups excluding carboxylic acids is 1. The number of Topliss-reactive ketones (excluding diaryl/α,β-unsaturated/α-hetero) is 1. The molecule has 2 aromatic rings. The summed E-state index contributed by atoms with van der Waals surface area (Å²) in [6.07, 6.45) is 2.13. The van der Waals surface area contributed by atoms with Crippen molar-refractivity contribution in [2.24, 2.45) is 0 Å². The van der Waals surface area contributed by atoms with Gasteiger partial charge in [0.25, 0.3) is 0 Å². The predicted molar refractivity (Wildman–Crippen MR) is 85.0 cm³/mol. The molecule has 1 fully saturated rings. The molecule has 1 saturated heterocycles. The molecule has 0 spiro atoms. The molecule has 2 aromatic carbocycles. The Balaban J connectivity index is 1.92. The van der Waals surface area contributed by atoms with Crippen LogP contribution in [0.1, 0.15) is 35.6 Å². The van der Waals surface area contributed by atoms with E-state index in [0.717, 1.165) is 18.0 Å². The molecule has 2 aliphatic rings. The van der Waals surface area contributed by atoms with Gasteiger partial charge >= 0.3 is 0 Å². The number of hydrogen-bond donors (Lipinski definition) is 0. The maximum Gasteiger partial charge on any atom is 0.137 e. The van der Waals surface area contributed by atoms with E-state index in [1.54, 1.807) is 0 Å². The van der Waals surface area contributed by atoms with E-state index in [2.05, 4.69) is 41.3 Å². The fourth-order valence-corrected chi connectivity index (χ4v) is 3.79. The maximum absolute atomic E-state index is 12.0. The summed E-state index contributed by atoms with van der Waals surface area (Å²) in [5.41, 5.74) is 5.08. The molecule has 0 aromatic heterocycles. The number of carbonyl (C=O) groups is 1. The Hall–Kier alpha value is -1.80. The first-order valence-corrected chi connectivity index (χ1v) is 7.75. The molecule has 1 unspecified atom stereocenters. The van der Waals surface area contributed by atoms with E-state index in [1.807, 2.05) is 6.07 Å². The molecule has 2 heterocycles. The molecular formula is C18H16ClNO. The summed E-state index contributed by atoms with van der Waals surface area (Å²) in [5, 5.41) is 0.776. The summed E-state index contributed by atoms with van der Waals surface area (Å²) in [6, 6.07) is 14.8. The average molecular weight is 298 g/mol. The maximum atomic E-state index is 12.0. The van der Waals surface area contributed by atoms with Crippen LogP contribution < -0.4 is 4.90 Å². The van der Waals surface area contributed by atoms with Crippen LogP contribution in [0.25, 0.3) is 0 Å². The first-order valence-electron chi connectivity index (χ1n) is 7.37. The zero-order valence-corrected chi connectivity index (χ0v) is 12.4. The molecule has 1 atom stereocenters. The Bertz CT molecular complexity index is 725. The van der Waals surface area contributed by atoms with Gasteiger partial charge in [-0.15, -0.1) is 0 Å². The Labute approximate surface area is 129 Å². The highest BCUT2D eigenvalue weighted by molar-refractivity contribution is 6.30. The molecule has 0 amide bonds. The molecule has 21 heavy (non-hydrogen) atoms. The molecular weight excluding hydrogens is 282 g/mol. The van der Waals surface area contributed by atoms with E-state index in [1.165, 1.54) is 22.4 Å². The lowest BCUT2D eigenvalue weighted by Gasteiger charge is -2.37. The molecule has 3 heteroatoms. The van der Waals surface area contributed by atoms with E-state index >= 15 is 0 Å². The number of piperidine rings is 1. The van der Waals surface area contributed by atoms with E-state index < -0.39 is 0 Å². The largest absolute Gasteiger partial charge is 0.363 e. The van der Waals surface area contributed by atoms with Crippen molar-refractivity contribution in [1.82, 2.24) is 0 Å². The van der Waals surface area contributed by atoms with E-state index in [9.17, 15) is 4.79 Å². The van der Waals surface area contributed by atoms with Crippen LogP contribution in [0.3, 0.4) is 0 Å². The summed E-state index contributed by atoms with van der Waals surface area (Å²) in [5.74, 6) is 0.364. The van der Waals surface area contributed by atoms with Crippen molar-refractivity contribution >= 4 is 23.1 Å². The summed E-state index contributed by atoms with van der Waals surface area (Å²) < 4.78 is 0. The van der Waals surface area contributed by atoms with Crippen LogP contribution in [0.2, 0.25) is 5.02 Å². The van der Waals surface area contributed by atoms with Gasteiger partial charge in [-0.1, -0.05) is 35.9 Å². The Morgan fingerprint density at radius 3 is 2.86 bits per heavy atom. The summed E-state index contributed by atoms with van der Waals surface area (Å²) >= 11 is 6.18. The fraction of sp³-hybridized carbons (Fsp3) is 0.278. The predicted octanol–water partition coefficient (Wildman–Crippen LogP) is 4.15. The van der Waals surface area contributed by atoms with Crippen molar-refractivity contribution in [2.45, 2.75) is 25.3 Å². The van der Waals surface area contributed by atoms with Crippen molar-refractivity contribution in [3.63, 3.8) is 0 Å². The van der Waals surface area contributed by atoms with E-state index in [0.29, 0.717) is 18.6 Å². The second-order valence-corrected chi connectivity index (χ2v) is 6.29. The van der Waals surface area contributed by atoms with E-state index in [-0.39, 0.29) is 6.04 Å². The van der Waals surface area contributed by atoms with Crippen molar-refractivity contribution in [3.05, 3.63) is 64.2 Å².